The van der Waals surface area contributed by atoms with Crippen LogP contribution in [0.25, 0.3) is 0 Å². The minimum absolute atomic E-state index is 0.238. The van der Waals surface area contributed by atoms with E-state index < -0.39 is 11.6 Å². The van der Waals surface area contributed by atoms with Crippen molar-refractivity contribution in [3.63, 3.8) is 0 Å². The summed E-state index contributed by atoms with van der Waals surface area (Å²) in [6, 6.07) is 3.70. The van der Waals surface area contributed by atoms with Gasteiger partial charge in [0.25, 0.3) is 0 Å². The highest BCUT2D eigenvalue weighted by atomic mass is 32.2. The number of hydrogen-bond acceptors (Lipinski definition) is 3. The molecular formula is C12H15F2NS2. The second-order valence-electron chi connectivity index (χ2n) is 4.11. The van der Waals surface area contributed by atoms with Crippen LogP contribution < -0.4 is 5.73 Å². The highest BCUT2D eigenvalue weighted by Crippen LogP contribution is 2.37. The van der Waals surface area contributed by atoms with E-state index in [0.29, 0.717) is 10.8 Å². The lowest BCUT2D eigenvalue weighted by molar-refractivity contribution is 0.504. The maximum absolute atomic E-state index is 13.2. The first-order valence-corrected chi connectivity index (χ1v) is 7.63. The molecular weight excluding hydrogens is 260 g/mol. The summed E-state index contributed by atoms with van der Waals surface area (Å²) in [5, 5.41) is 0.704. The van der Waals surface area contributed by atoms with Crippen LogP contribution in [0.15, 0.2) is 18.2 Å². The molecule has 1 heterocycles. The van der Waals surface area contributed by atoms with Gasteiger partial charge in [0.15, 0.2) is 11.6 Å². The Labute approximate surface area is 109 Å². The molecule has 94 valence electrons. The van der Waals surface area contributed by atoms with Crippen LogP contribution >= 0.6 is 23.5 Å². The van der Waals surface area contributed by atoms with Crippen molar-refractivity contribution in [3.05, 3.63) is 35.4 Å². The standard InChI is InChI=1S/C12H15F2NS2/c1-7-12(17-5-4-16-7)11(15)8-2-3-9(13)10(14)6-8/h2-3,6-7,11-12H,4-5,15H2,1H3. The molecule has 0 saturated carbocycles. The summed E-state index contributed by atoms with van der Waals surface area (Å²) in [7, 11) is 0. The zero-order valence-electron chi connectivity index (χ0n) is 9.53. The highest BCUT2D eigenvalue weighted by Gasteiger charge is 2.29. The van der Waals surface area contributed by atoms with Crippen LogP contribution in [0.4, 0.5) is 8.78 Å². The Morgan fingerprint density at radius 2 is 1.94 bits per heavy atom. The number of thioether (sulfide) groups is 2. The summed E-state index contributed by atoms with van der Waals surface area (Å²) in [6.07, 6.45) is 0. The normalized spacial score (nSPS) is 26.8. The molecule has 1 aromatic carbocycles. The van der Waals surface area contributed by atoms with Gasteiger partial charge < -0.3 is 5.73 Å². The van der Waals surface area contributed by atoms with Gasteiger partial charge in [-0.15, -0.1) is 0 Å². The first-order valence-electron chi connectivity index (χ1n) is 5.53. The van der Waals surface area contributed by atoms with E-state index in [1.54, 1.807) is 6.07 Å². The molecule has 0 radical (unpaired) electrons. The molecule has 1 saturated heterocycles. The Kier molecular flexibility index (Phi) is 4.33. The molecule has 2 N–H and O–H groups in total. The van der Waals surface area contributed by atoms with Crippen LogP contribution in [0.5, 0.6) is 0 Å². The minimum Gasteiger partial charge on any atom is -0.323 e. The third-order valence-electron chi connectivity index (χ3n) is 2.92. The van der Waals surface area contributed by atoms with Crippen molar-refractivity contribution in [2.75, 3.05) is 11.5 Å². The maximum Gasteiger partial charge on any atom is 0.159 e. The van der Waals surface area contributed by atoms with Crippen LogP contribution in [0.1, 0.15) is 18.5 Å². The third-order valence-corrected chi connectivity index (χ3v) is 6.14. The van der Waals surface area contributed by atoms with Crippen molar-refractivity contribution < 1.29 is 8.78 Å². The Bertz CT molecular complexity index is 400. The lowest BCUT2D eigenvalue weighted by atomic mass is 10.0. The van der Waals surface area contributed by atoms with Gasteiger partial charge in [0.1, 0.15) is 0 Å². The smallest absolute Gasteiger partial charge is 0.159 e. The monoisotopic (exact) mass is 275 g/mol. The molecule has 1 fully saturated rings. The van der Waals surface area contributed by atoms with Gasteiger partial charge in [-0.3, -0.25) is 0 Å². The fourth-order valence-corrected chi connectivity index (χ4v) is 4.83. The van der Waals surface area contributed by atoms with Crippen molar-refractivity contribution in [1.29, 1.82) is 0 Å². The Hall–Kier alpha value is -0.260. The van der Waals surface area contributed by atoms with Gasteiger partial charge in [0.2, 0.25) is 0 Å². The molecule has 0 spiro atoms. The number of hydrogen-bond donors (Lipinski definition) is 1. The average Bonchev–Trinajstić information content (AvgIpc) is 2.32. The van der Waals surface area contributed by atoms with E-state index in [4.69, 9.17) is 5.73 Å². The van der Waals surface area contributed by atoms with Crippen LogP contribution in [0.2, 0.25) is 0 Å². The highest BCUT2D eigenvalue weighted by molar-refractivity contribution is 8.07. The van der Waals surface area contributed by atoms with E-state index in [-0.39, 0.29) is 11.3 Å². The summed E-state index contributed by atoms with van der Waals surface area (Å²) in [4.78, 5) is 0. The molecule has 3 atom stereocenters. The van der Waals surface area contributed by atoms with E-state index in [2.05, 4.69) is 6.92 Å². The van der Waals surface area contributed by atoms with Gasteiger partial charge in [-0.25, -0.2) is 8.78 Å². The Balaban J connectivity index is 2.17. The van der Waals surface area contributed by atoms with E-state index in [9.17, 15) is 8.78 Å². The van der Waals surface area contributed by atoms with Crippen LogP contribution in [0.3, 0.4) is 0 Å². The van der Waals surface area contributed by atoms with Crippen LogP contribution in [0, 0.1) is 11.6 Å². The number of benzene rings is 1. The molecule has 1 nitrogen and oxygen atoms in total. The van der Waals surface area contributed by atoms with Crippen molar-refractivity contribution in [3.8, 4) is 0 Å². The molecule has 0 amide bonds. The average molecular weight is 275 g/mol. The molecule has 3 unspecified atom stereocenters. The number of nitrogens with two attached hydrogens (primary N) is 1. The summed E-state index contributed by atoms with van der Waals surface area (Å²) < 4.78 is 26.0. The number of halogens is 2. The topological polar surface area (TPSA) is 26.0 Å². The summed E-state index contributed by atoms with van der Waals surface area (Å²) >= 11 is 3.71. The summed E-state index contributed by atoms with van der Waals surface area (Å²) in [5.41, 5.74) is 6.83. The van der Waals surface area contributed by atoms with Gasteiger partial charge in [-0.1, -0.05) is 13.0 Å². The van der Waals surface area contributed by atoms with Crippen LogP contribution in [-0.4, -0.2) is 22.0 Å². The van der Waals surface area contributed by atoms with Crippen molar-refractivity contribution in [1.82, 2.24) is 0 Å². The third kappa shape index (κ3) is 2.95. The molecule has 17 heavy (non-hydrogen) atoms. The van der Waals surface area contributed by atoms with Gasteiger partial charge >= 0.3 is 0 Å². The van der Waals surface area contributed by atoms with E-state index in [1.807, 2.05) is 23.5 Å². The molecule has 0 aliphatic carbocycles. The van der Waals surface area contributed by atoms with Crippen molar-refractivity contribution in [2.24, 2.45) is 5.73 Å². The van der Waals surface area contributed by atoms with Crippen LogP contribution in [-0.2, 0) is 0 Å². The lowest BCUT2D eigenvalue weighted by Gasteiger charge is -2.32. The van der Waals surface area contributed by atoms with E-state index in [0.717, 1.165) is 17.6 Å². The largest absolute Gasteiger partial charge is 0.323 e. The minimum atomic E-state index is -0.820. The second kappa shape index (κ2) is 5.59. The quantitative estimate of drug-likeness (QED) is 0.897. The zero-order chi connectivity index (χ0) is 12.4. The van der Waals surface area contributed by atoms with Gasteiger partial charge in [0, 0.05) is 28.0 Å². The molecule has 0 bridgehead atoms. The first-order chi connectivity index (χ1) is 8.09. The van der Waals surface area contributed by atoms with E-state index >= 15 is 0 Å². The fourth-order valence-electron chi connectivity index (χ4n) is 1.95. The Morgan fingerprint density at radius 3 is 2.59 bits per heavy atom. The molecule has 1 aliphatic heterocycles. The van der Waals surface area contributed by atoms with Gasteiger partial charge in [-0.2, -0.15) is 23.5 Å². The molecule has 0 aromatic heterocycles. The van der Waals surface area contributed by atoms with Gasteiger partial charge in [0.05, 0.1) is 0 Å². The Morgan fingerprint density at radius 1 is 1.24 bits per heavy atom. The number of rotatable bonds is 2. The molecule has 1 aromatic rings. The zero-order valence-corrected chi connectivity index (χ0v) is 11.2. The van der Waals surface area contributed by atoms with Crippen molar-refractivity contribution >= 4 is 23.5 Å². The lowest BCUT2D eigenvalue weighted by Crippen LogP contribution is -2.34. The SMILES string of the molecule is CC1SCCSC1C(N)c1ccc(F)c(F)c1. The molecule has 5 heteroatoms. The first kappa shape index (κ1) is 13.2. The summed E-state index contributed by atoms with van der Waals surface area (Å²) in [6.45, 7) is 2.14. The van der Waals surface area contributed by atoms with E-state index in [1.165, 1.54) is 6.07 Å². The molecule has 1 aliphatic rings. The van der Waals surface area contributed by atoms with Crippen molar-refractivity contribution in [2.45, 2.75) is 23.5 Å². The molecule has 2 rings (SSSR count). The summed E-state index contributed by atoms with van der Waals surface area (Å²) in [5.74, 6) is 0.558. The fraction of sp³-hybridized carbons (Fsp3) is 0.500. The second-order valence-corrected chi connectivity index (χ2v) is 6.88. The predicted molar refractivity (Wildman–Crippen MR) is 71.5 cm³/mol. The predicted octanol–water partition coefficient (Wildman–Crippen LogP) is 3.20. The maximum atomic E-state index is 13.2. The van der Waals surface area contributed by atoms with Gasteiger partial charge in [-0.05, 0) is 17.7 Å².